The van der Waals surface area contributed by atoms with Crippen molar-refractivity contribution in [1.29, 1.82) is 0 Å². The summed E-state index contributed by atoms with van der Waals surface area (Å²) in [6.45, 7) is 2.59. The van der Waals surface area contributed by atoms with Gasteiger partial charge in [-0.2, -0.15) is 5.10 Å². The minimum absolute atomic E-state index is 0.271. The highest BCUT2D eigenvalue weighted by atomic mass is 19.1. The number of imidazole rings is 1. The number of halogens is 2. The number of ether oxygens (including phenoxy) is 1. The molecule has 8 nitrogen and oxygen atoms in total. The molecule has 0 bridgehead atoms. The predicted molar refractivity (Wildman–Crippen MR) is 117 cm³/mol. The number of hydrogen-bond donors (Lipinski definition) is 0. The number of aryl methyl sites for hydroxylation is 2. The fourth-order valence-corrected chi connectivity index (χ4v) is 3.99. The van der Waals surface area contributed by atoms with Crippen molar-refractivity contribution >= 4 is 12.2 Å². The molecule has 168 valence electrons. The first-order valence-electron chi connectivity index (χ1n) is 10.5. The second-order valence-electron chi connectivity index (χ2n) is 7.80. The van der Waals surface area contributed by atoms with Crippen LogP contribution in [0.4, 0.5) is 8.78 Å². The number of hydrogen-bond acceptors (Lipinski definition) is 6. The third-order valence-corrected chi connectivity index (χ3v) is 5.52. The summed E-state index contributed by atoms with van der Waals surface area (Å²) in [5, 5.41) is 4.53. The molecule has 0 saturated heterocycles. The molecule has 3 aromatic heterocycles. The van der Waals surface area contributed by atoms with Crippen LogP contribution in [0.15, 0.2) is 36.9 Å². The normalized spacial score (nSPS) is 15.7. The zero-order valence-corrected chi connectivity index (χ0v) is 18.1. The van der Waals surface area contributed by atoms with E-state index < -0.39 is 11.6 Å². The fraction of sp³-hybridized carbons (Fsp3) is 0.261. The Labute approximate surface area is 188 Å². The van der Waals surface area contributed by atoms with Crippen LogP contribution in [0, 0.1) is 18.6 Å². The number of aromatic nitrogens is 7. The highest BCUT2D eigenvalue weighted by Crippen LogP contribution is 2.34. The van der Waals surface area contributed by atoms with Crippen LogP contribution < -0.4 is 4.74 Å². The second kappa shape index (κ2) is 8.53. The first-order valence-corrected chi connectivity index (χ1v) is 10.5. The van der Waals surface area contributed by atoms with E-state index in [9.17, 15) is 8.78 Å². The van der Waals surface area contributed by atoms with Crippen molar-refractivity contribution in [1.82, 2.24) is 34.3 Å². The topological polar surface area (TPSA) is 83.5 Å². The maximum Gasteiger partial charge on any atom is 0.258 e. The number of fused-ring (bicyclic) bond motifs is 1. The summed E-state index contributed by atoms with van der Waals surface area (Å²) in [7, 11) is 1.53. The van der Waals surface area contributed by atoms with Crippen LogP contribution in [0.1, 0.15) is 47.4 Å². The largest absolute Gasteiger partial charge is 0.478 e. The molecule has 0 fully saturated rings. The molecule has 4 heterocycles. The summed E-state index contributed by atoms with van der Waals surface area (Å²) >= 11 is 0. The lowest BCUT2D eigenvalue weighted by Crippen LogP contribution is -2.18. The van der Waals surface area contributed by atoms with Crippen molar-refractivity contribution in [3.8, 4) is 11.7 Å². The molecule has 1 unspecified atom stereocenters. The Morgan fingerprint density at radius 1 is 1.15 bits per heavy atom. The van der Waals surface area contributed by atoms with Gasteiger partial charge < -0.3 is 4.74 Å². The van der Waals surface area contributed by atoms with Crippen molar-refractivity contribution in [3.63, 3.8) is 0 Å². The molecule has 0 radical (unpaired) electrons. The maximum atomic E-state index is 14.4. The van der Waals surface area contributed by atoms with Crippen LogP contribution in [0.3, 0.4) is 0 Å². The standard InChI is InChI=1S/C23H21F2N7O/c1-14-12-31(13-27-14)22-23(33-2)28-16(11-26-22)6-8-20-29-21-18(4-3-9-32(21)30-20)17-7-5-15(24)10-19(17)25/h5-8,10-13,18H,3-4,9H2,1-2H3. The second-order valence-corrected chi connectivity index (χ2v) is 7.80. The molecule has 0 aliphatic carbocycles. The third kappa shape index (κ3) is 4.11. The maximum absolute atomic E-state index is 14.4. The number of methoxy groups -OCH3 is 1. The monoisotopic (exact) mass is 449 g/mol. The summed E-state index contributed by atoms with van der Waals surface area (Å²) in [5.74, 6) is 0.614. The minimum atomic E-state index is -0.595. The van der Waals surface area contributed by atoms with Gasteiger partial charge in [0, 0.05) is 24.7 Å². The van der Waals surface area contributed by atoms with Crippen LogP contribution in [-0.2, 0) is 6.54 Å². The zero-order chi connectivity index (χ0) is 22.9. The Hall–Kier alpha value is -3.95. The van der Waals surface area contributed by atoms with Crippen LogP contribution in [0.5, 0.6) is 5.88 Å². The van der Waals surface area contributed by atoms with E-state index in [2.05, 4.69) is 25.0 Å². The molecular weight excluding hydrogens is 428 g/mol. The first kappa shape index (κ1) is 20.9. The molecule has 0 saturated carbocycles. The molecular formula is C23H21F2N7O. The van der Waals surface area contributed by atoms with Gasteiger partial charge in [-0.25, -0.2) is 33.4 Å². The summed E-state index contributed by atoms with van der Waals surface area (Å²) in [6, 6.07) is 3.67. The predicted octanol–water partition coefficient (Wildman–Crippen LogP) is 3.95. The first-order chi connectivity index (χ1) is 16.0. The van der Waals surface area contributed by atoms with Gasteiger partial charge in [-0.05, 0) is 43.5 Å². The molecule has 1 atom stereocenters. The van der Waals surface area contributed by atoms with E-state index in [0.29, 0.717) is 41.1 Å². The summed E-state index contributed by atoms with van der Waals surface area (Å²) in [6.07, 6.45) is 10.1. The van der Waals surface area contributed by atoms with Gasteiger partial charge in [0.15, 0.2) is 5.82 Å². The summed E-state index contributed by atoms with van der Waals surface area (Å²) < 4.78 is 36.7. The SMILES string of the molecule is COc1nc(C=Cc2nc3n(n2)CCCC3c2ccc(F)cc2F)cnc1-n1cnc(C)c1. The van der Waals surface area contributed by atoms with Crippen LogP contribution in [-0.4, -0.2) is 41.4 Å². The summed E-state index contributed by atoms with van der Waals surface area (Å²) in [5.41, 5.74) is 1.86. The van der Waals surface area contributed by atoms with Gasteiger partial charge in [0.2, 0.25) is 5.82 Å². The lowest BCUT2D eigenvalue weighted by Gasteiger charge is -2.22. The number of nitrogens with zero attached hydrogens (tertiary/aromatic N) is 7. The molecule has 1 aromatic carbocycles. The Balaban J connectivity index is 1.42. The van der Waals surface area contributed by atoms with E-state index in [-0.39, 0.29) is 5.92 Å². The molecule has 1 aliphatic rings. The third-order valence-electron chi connectivity index (χ3n) is 5.52. The number of rotatable bonds is 5. The van der Waals surface area contributed by atoms with Gasteiger partial charge in [-0.15, -0.1) is 0 Å². The van der Waals surface area contributed by atoms with Gasteiger partial charge in [0.25, 0.3) is 5.88 Å². The Morgan fingerprint density at radius 2 is 2.03 bits per heavy atom. The summed E-state index contributed by atoms with van der Waals surface area (Å²) in [4.78, 5) is 17.7. The lowest BCUT2D eigenvalue weighted by atomic mass is 9.91. The fourth-order valence-electron chi connectivity index (χ4n) is 3.99. The van der Waals surface area contributed by atoms with Crippen molar-refractivity contribution in [2.45, 2.75) is 32.2 Å². The molecule has 0 spiro atoms. The average molecular weight is 449 g/mol. The van der Waals surface area contributed by atoms with E-state index >= 15 is 0 Å². The Bertz CT molecular complexity index is 1340. The molecule has 4 aromatic rings. The van der Waals surface area contributed by atoms with Crippen molar-refractivity contribution in [3.05, 3.63) is 77.2 Å². The highest BCUT2D eigenvalue weighted by Gasteiger charge is 2.27. The molecule has 10 heteroatoms. The van der Waals surface area contributed by atoms with E-state index in [0.717, 1.165) is 24.6 Å². The van der Waals surface area contributed by atoms with Gasteiger partial charge in [0.1, 0.15) is 23.8 Å². The Kier molecular flexibility index (Phi) is 5.41. The van der Waals surface area contributed by atoms with Crippen LogP contribution >= 0.6 is 0 Å². The highest BCUT2D eigenvalue weighted by molar-refractivity contribution is 5.64. The van der Waals surface area contributed by atoms with Gasteiger partial charge in [0.05, 0.1) is 24.7 Å². The minimum Gasteiger partial charge on any atom is -0.478 e. The number of benzene rings is 1. The van der Waals surface area contributed by atoms with Crippen LogP contribution in [0.25, 0.3) is 18.0 Å². The molecule has 1 aliphatic heterocycles. The average Bonchev–Trinajstić information content (AvgIpc) is 3.43. The van der Waals surface area contributed by atoms with E-state index in [1.807, 2.05) is 13.1 Å². The smallest absolute Gasteiger partial charge is 0.258 e. The Morgan fingerprint density at radius 3 is 2.79 bits per heavy atom. The van der Waals surface area contributed by atoms with Gasteiger partial charge in [-0.3, -0.25) is 4.57 Å². The van der Waals surface area contributed by atoms with E-state index in [4.69, 9.17) is 4.74 Å². The van der Waals surface area contributed by atoms with Crippen molar-refractivity contribution in [2.75, 3.05) is 7.11 Å². The van der Waals surface area contributed by atoms with Gasteiger partial charge >= 0.3 is 0 Å². The van der Waals surface area contributed by atoms with E-state index in [1.54, 1.807) is 33.9 Å². The van der Waals surface area contributed by atoms with Gasteiger partial charge in [-0.1, -0.05) is 6.07 Å². The molecule has 33 heavy (non-hydrogen) atoms. The molecule has 0 amide bonds. The molecule has 0 N–H and O–H groups in total. The van der Waals surface area contributed by atoms with Crippen molar-refractivity contribution in [2.24, 2.45) is 0 Å². The quantitative estimate of drug-likeness (QED) is 0.459. The zero-order valence-electron chi connectivity index (χ0n) is 18.1. The lowest BCUT2D eigenvalue weighted by molar-refractivity contribution is 0.393. The van der Waals surface area contributed by atoms with E-state index in [1.165, 1.54) is 19.2 Å². The van der Waals surface area contributed by atoms with Crippen LogP contribution in [0.2, 0.25) is 0 Å². The molecule has 5 rings (SSSR count). The van der Waals surface area contributed by atoms with Crippen molar-refractivity contribution < 1.29 is 13.5 Å².